The molecule has 0 saturated heterocycles. The minimum absolute atomic E-state index is 0.937. The van der Waals surface area contributed by atoms with Crippen molar-refractivity contribution in [2.24, 2.45) is 11.8 Å². The molecule has 0 saturated carbocycles. The highest BCUT2D eigenvalue weighted by Gasteiger charge is 2.16. The van der Waals surface area contributed by atoms with Crippen LogP contribution in [-0.2, 0) is 0 Å². The molecule has 0 amide bonds. The molecule has 0 aliphatic rings. The van der Waals surface area contributed by atoms with Crippen molar-refractivity contribution in [1.29, 1.82) is 0 Å². The third-order valence-electron chi connectivity index (χ3n) is 4.98. The van der Waals surface area contributed by atoms with Gasteiger partial charge in [0.25, 0.3) is 0 Å². The number of hydrogen-bond acceptors (Lipinski definition) is 0. The van der Waals surface area contributed by atoms with Gasteiger partial charge in [-0.15, -0.1) is 6.58 Å². The van der Waals surface area contributed by atoms with Crippen LogP contribution in [0.3, 0.4) is 0 Å². The van der Waals surface area contributed by atoms with Gasteiger partial charge in [0.05, 0.1) is 0 Å². The molecule has 2 atom stereocenters. The third kappa shape index (κ3) is 13.1. The summed E-state index contributed by atoms with van der Waals surface area (Å²) in [5, 5.41) is 0. The van der Waals surface area contributed by atoms with E-state index in [4.69, 9.17) is 0 Å². The van der Waals surface area contributed by atoms with Crippen molar-refractivity contribution < 1.29 is 0 Å². The molecule has 21 heavy (non-hydrogen) atoms. The summed E-state index contributed by atoms with van der Waals surface area (Å²) in [6.45, 7) is 11.0. The monoisotopic (exact) mass is 294 g/mol. The van der Waals surface area contributed by atoms with Gasteiger partial charge in [0, 0.05) is 0 Å². The Hall–Kier alpha value is -0.260. The SMILES string of the molecule is C=CCCCCCC(C)C(CCCCC)CCCCCC. The fraction of sp³-hybridized carbons (Fsp3) is 0.905. The van der Waals surface area contributed by atoms with E-state index in [1.165, 1.54) is 89.9 Å². The van der Waals surface area contributed by atoms with Crippen molar-refractivity contribution in [3.63, 3.8) is 0 Å². The predicted octanol–water partition coefficient (Wildman–Crippen LogP) is 7.93. The summed E-state index contributed by atoms with van der Waals surface area (Å²) in [6.07, 6.45) is 21.8. The van der Waals surface area contributed by atoms with Crippen LogP contribution in [0.5, 0.6) is 0 Å². The van der Waals surface area contributed by atoms with Gasteiger partial charge >= 0.3 is 0 Å². The van der Waals surface area contributed by atoms with Crippen LogP contribution in [0.15, 0.2) is 12.7 Å². The lowest BCUT2D eigenvalue weighted by Crippen LogP contribution is -2.12. The van der Waals surface area contributed by atoms with Crippen molar-refractivity contribution in [3.05, 3.63) is 12.7 Å². The molecular formula is C21H42. The molecule has 0 aromatic rings. The second-order valence-electron chi connectivity index (χ2n) is 7.01. The Kier molecular flexibility index (Phi) is 15.9. The molecular weight excluding hydrogens is 252 g/mol. The fourth-order valence-corrected chi connectivity index (χ4v) is 3.37. The van der Waals surface area contributed by atoms with Gasteiger partial charge in [-0.1, -0.05) is 104 Å². The minimum Gasteiger partial charge on any atom is -0.103 e. The molecule has 0 bridgehead atoms. The second-order valence-corrected chi connectivity index (χ2v) is 7.01. The summed E-state index contributed by atoms with van der Waals surface area (Å²) in [7, 11) is 0. The Labute approximate surface area is 135 Å². The number of hydrogen-bond donors (Lipinski definition) is 0. The van der Waals surface area contributed by atoms with Gasteiger partial charge in [-0.2, -0.15) is 0 Å². The van der Waals surface area contributed by atoms with Gasteiger partial charge in [-0.25, -0.2) is 0 Å². The van der Waals surface area contributed by atoms with Crippen LogP contribution < -0.4 is 0 Å². The van der Waals surface area contributed by atoms with E-state index in [2.05, 4.69) is 33.4 Å². The summed E-state index contributed by atoms with van der Waals surface area (Å²) in [5.41, 5.74) is 0. The summed E-state index contributed by atoms with van der Waals surface area (Å²) < 4.78 is 0. The summed E-state index contributed by atoms with van der Waals surface area (Å²) >= 11 is 0. The standard InChI is InChI=1S/C21H42/c1-5-8-11-13-15-17-20(4)21(18-14-10-7-3)19-16-12-9-6-2/h5,20-21H,1,6-19H2,2-4H3. The summed E-state index contributed by atoms with van der Waals surface area (Å²) in [6, 6.07) is 0. The largest absolute Gasteiger partial charge is 0.103 e. The highest BCUT2D eigenvalue weighted by atomic mass is 14.2. The van der Waals surface area contributed by atoms with Crippen LogP contribution in [0.4, 0.5) is 0 Å². The second kappa shape index (κ2) is 16.1. The molecule has 0 N–H and O–H groups in total. The molecule has 0 aromatic heterocycles. The van der Waals surface area contributed by atoms with E-state index in [0.717, 1.165) is 11.8 Å². The Morgan fingerprint density at radius 2 is 1.24 bits per heavy atom. The maximum atomic E-state index is 3.81. The molecule has 0 spiro atoms. The van der Waals surface area contributed by atoms with Crippen LogP contribution in [0.1, 0.15) is 111 Å². The van der Waals surface area contributed by atoms with E-state index < -0.39 is 0 Å². The van der Waals surface area contributed by atoms with Crippen molar-refractivity contribution >= 4 is 0 Å². The van der Waals surface area contributed by atoms with Crippen LogP contribution in [0, 0.1) is 11.8 Å². The number of rotatable bonds is 16. The maximum absolute atomic E-state index is 3.81. The van der Waals surface area contributed by atoms with Gasteiger partial charge in [0.15, 0.2) is 0 Å². The zero-order valence-corrected chi connectivity index (χ0v) is 15.3. The maximum Gasteiger partial charge on any atom is -0.0353 e. The molecule has 2 unspecified atom stereocenters. The molecule has 0 heterocycles. The van der Waals surface area contributed by atoms with E-state index in [9.17, 15) is 0 Å². The lowest BCUT2D eigenvalue weighted by Gasteiger charge is -2.24. The molecule has 126 valence electrons. The molecule has 0 heteroatoms. The molecule has 0 aliphatic heterocycles. The summed E-state index contributed by atoms with van der Waals surface area (Å²) in [4.78, 5) is 0. The molecule has 0 nitrogen and oxygen atoms in total. The van der Waals surface area contributed by atoms with Crippen molar-refractivity contribution in [2.45, 2.75) is 111 Å². The van der Waals surface area contributed by atoms with Gasteiger partial charge < -0.3 is 0 Å². The molecule has 0 aliphatic carbocycles. The van der Waals surface area contributed by atoms with Crippen LogP contribution >= 0.6 is 0 Å². The average molecular weight is 295 g/mol. The molecule has 0 radical (unpaired) electrons. The molecule has 0 rings (SSSR count). The van der Waals surface area contributed by atoms with Crippen molar-refractivity contribution in [2.75, 3.05) is 0 Å². The van der Waals surface area contributed by atoms with Crippen molar-refractivity contribution in [3.8, 4) is 0 Å². The smallest absolute Gasteiger partial charge is 0.0353 e. The van der Waals surface area contributed by atoms with E-state index in [0.29, 0.717) is 0 Å². The lowest BCUT2D eigenvalue weighted by atomic mass is 9.82. The van der Waals surface area contributed by atoms with Crippen LogP contribution in [0.2, 0.25) is 0 Å². The molecule has 0 fully saturated rings. The minimum atomic E-state index is 0.937. The number of allylic oxidation sites excluding steroid dienone is 1. The average Bonchev–Trinajstić information content (AvgIpc) is 2.49. The van der Waals surface area contributed by atoms with Gasteiger partial charge in [-0.3, -0.25) is 0 Å². The first-order chi connectivity index (χ1) is 10.3. The first-order valence-electron chi connectivity index (χ1n) is 9.87. The quantitative estimate of drug-likeness (QED) is 0.200. The van der Waals surface area contributed by atoms with E-state index >= 15 is 0 Å². The van der Waals surface area contributed by atoms with Crippen LogP contribution in [-0.4, -0.2) is 0 Å². The topological polar surface area (TPSA) is 0 Å². The summed E-state index contributed by atoms with van der Waals surface area (Å²) in [5.74, 6) is 1.93. The Morgan fingerprint density at radius 3 is 1.86 bits per heavy atom. The van der Waals surface area contributed by atoms with Crippen LogP contribution in [0.25, 0.3) is 0 Å². The zero-order chi connectivity index (χ0) is 15.8. The van der Waals surface area contributed by atoms with E-state index in [1.807, 2.05) is 0 Å². The third-order valence-corrected chi connectivity index (χ3v) is 4.98. The zero-order valence-electron chi connectivity index (χ0n) is 15.3. The lowest BCUT2D eigenvalue weighted by molar-refractivity contribution is 0.276. The highest BCUT2D eigenvalue weighted by molar-refractivity contribution is 4.69. The first kappa shape index (κ1) is 20.7. The Morgan fingerprint density at radius 1 is 0.714 bits per heavy atom. The Balaban J connectivity index is 3.93. The van der Waals surface area contributed by atoms with Gasteiger partial charge in [-0.05, 0) is 24.7 Å². The Bertz CT molecular complexity index is 206. The number of unbranched alkanes of at least 4 members (excludes halogenated alkanes) is 8. The highest BCUT2D eigenvalue weighted by Crippen LogP contribution is 2.29. The van der Waals surface area contributed by atoms with E-state index in [-0.39, 0.29) is 0 Å². The van der Waals surface area contributed by atoms with Gasteiger partial charge in [0.2, 0.25) is 0 Å². The van der Waals surface area contributed by atoms with Crippen molar-refractivity contribution in [1.82, 2.24) is 0 Å². The van der Waals surface area contributed by atoms with E-state index in [1.54, 1.807) is 0 Å². The normalized spacial score (nSPS) is 14.0. The fourth-order valence-electron chi connectivity index (χ4n) is 3.37. The predicted molar refractivity (Wildman–Crippen MR) is 98.8 cm³/mol. The first-order valence-corrected chi connectivity index (χ1v) is 9.87. The molecule has 0 aromatic carbocycles. The van der Waals surface area contributed by atoms with Gasteiger partial charge in [0.1, 0.15) is 0 Å².